The summed E-state index contributed by atoms with van der Waals surface area (Å²) in [4.78, 5) is 2.61. The van der Waals surface area contributed by atoms with Crippen molar-refractivity contribution in [1.29, 1.82) is 0 Å². The van der Waals surface area contributed by atoms with E-state index in [1.807, 2.05) is 6.08 Å². The molecule has 0 aromatic rings. The maximum absolute atomic E-state index is 3.77. The molecule has 2 atom stereocenters. The third-order valence-electron chi connectivity index (χ3n) is 4.49. The lowest BCUT2D eigenvalue weighted by atomic mass is 9.98. The molecule has 17 heavy (non-hydrogen) atoms. The van der Waals surface area contributed by atoms with E-state index in [0.717, 1.165) is 18.1 Å². The Labute approximate surface area is 106 Å². The Hall–Kier alpha value is -0.340. The molecule has 2 saturated heterocycles. The van der Waals surface area contributed by atoms with Crippen LogP contribution in [0.3, 0.4) is 0 Å². The van der Waals surface area contributed by atoms with Crippen LogP contribution >= 0.6 is 0 Å². The zero-order valence-corrected chi connectivity index (χ0v) is 11.3. The Kier molecular flexibility index (Phi) is 5.05. The molecule has 1 N–H and O–H groups in total. The minimum Gasteiger partial charge on any atom is -0.311 e. The molecule has 0 aromatic carbocycles. The van der Waals surface area contributed by atoms with Crippen LogP contribution in [0.1, 0.15) is 51.4 Å². The van der Waals surface area contributed by atoms with Gasteiger partial charge in [0.1, 0.15) is 0 Å². The number of nitrogens with zero attached hydrogens (tertiary/aromatic N) is 1. The molecule has 0 aliphatic carbocycles. The number of rotatable bonds is 7. The van der Waals surface area contributed by atoms with Gasteiger partial charge in [-0.1, -0.05) is 12.5 Å². The molecule has 2 nitrogen and oxygen atoms in total. The van der Waals surface area contributed by atoms with Gasteiger partial charge in [-0.25, -0.2) is 0 Å². The standard InChI is InChI=1S/C15H28N2/c1-3-4-5-6-7-10-17(2)15-11-13-8-9-14(12-15)16-13/h3,13-16H,1,4-12H2,2H3. The molecular formula is C15H28N2. The predicted molar refractivity (Wildman–Crippen MR) is 74.3 cm³/mol. The molecule has 0 spiro atoms. The maximum atomic E-state index is 3.77. The van der Waals surface area contributed by atoms with Crippen LogP contribution in [-0.2, 0) is 0 Å². The number of unbranched alkanes of at least 4 members (excludes halogenated alkanes) is 3. The van der Waals surface area contributed by atoms with E-state index in [-0.39, 0.29) is 0 Å². The van der Waals surface area contributed by atoms with Crippen molar-refractivity contribution in [2.24, 2.45) is 0 Å². The van der Waals surface area contributed by atoms with Crippen molar-refractivity contribution in [3.05, 3.63) is 12.7 Å². The van der Waals surface area contributed by atoms with Gasteiger partial charge in [0, 0.05) is 18.1 Å². The molecule has 2 aliphatic heterocycles. The van der Waals surface area contributed by atoms with Gasteiger partial charge in [0.15, 0.2) is 0 Å². The number of hydrogen-bond donors (Lipinski definition) is 1. The van der Waals surface area contributed by atoms with Crippen molar-refractivity contribution in [3.63, 3.8) is 0 Å². The zero-order valence-electron chi connectivity index (χ0n) is 11.3. The first kappa shape index (κ1) is 13.1. The van der Waals surface area contributed by atoms with Crippen LogP contribution in [0.15, 0.2) is 12.7 Å². The molecule has 2 heterocycles. The summed E-state index contributed by atoms with van der Waals surface area (Å²) in [5.41, 5.74) is 0. The quantitative estimate of drug-likeness (QED) is 0.540. The van der Waals surface area contributed by atoms with E-state index in [4.69, 9.17) is 0 Å². The van der Waals surface area contributed by atoms with Crippen molar-refractivity contribution < 1.29 is 0 Å². The molecule has 2 heteroatoms. The van der Waals surface area contributed by atoms with Gasteiger partial charge in [0.05, 0.1) is 0 Å². The van der Waals surface area contributed by atoms with Crippen LogP contribution in [0.5, 0.6) is 0 Å². The second-order valence-electron chi connectivity index (χ2n) is 5.88. The Morgan fingerprint density at radius 2 is 1.88 bits per heavy atom. The van der Waals surface area contributed by atoms with Gasteiger partial charge in [-0.05, 0) is 58.5 Å². The summed E-state index contributed by atoms with van der Waals surface area (Å²) in [6.45, 7) is 5.05. The van der Waals surface area contributed by atoms with E-state index in [2.05, 4.69) is 23.8 Å². The van der Waals surface area contributed by atoms with Crippen molar-refractivity contribution in [2.75, 3.05) is 13.6 Å². The normalized spacial score (nSPS) is 32.0. The highest BCUT2D eigenvalue weighted by Gasteiger charge is 2.34. The van der Waals surface area contributed by atoms with Crippen LogP contribution in [-0.4, -0.2) is 36.6 Å². The largest absolute Gasteiger partial charge is 0.311 e. The lowest BCUT2D eigenvalue weighted by molar-refractivity contribution is 0.170. The Bertz CT molecular complexity index is 227. The Morgan fingerprint density at radius 1 is 1.18 bits per heavy atom. The fraction of sp³-hybridized carbons (Fsp3) is 0.867. The smallest absolute Gasteiger partial charge is 0.0122 e. The number of hydrogen-bond acceptors (Lipinski definition) is 2. The molecule has 0 aromatic heterocycles. The summed E-state index contributed by atoms with van der Waals surface area (Å²) < 4.78 is 0. The molecular weight excluding hydrogens is 208 g/mol. The first-order valence-electron chi connectivity index (χ1n) is 7.36. The van der Waals surface area contributed by atoms with Crippen LogP contribution in [0.4, 0.5) is 0 Å². The summed E-state index contributed by atoms with van der Waals surface area (Å²) in [6, 6.07) is 2.48. The Balaban J connectivity index is 1.62. The van der Waals surface area contributed by atoms with Crippen LogP contribution < -0.4 is 5.32 Å². The first-order valence-corrected chi connectivity index (χ1v) is 7.36. The summed E-state index contributed by atoms with van der Waals surface area (Å²) in [7, 11) is 2.32. The van der Waals surface area contributed by atoms with E-state index in [1.165, 1.54) is 57.9 Å². The summed E-state index contributed by atoms with van der Waals surface area (Å²) in [6.07, 6.45) is 12.8. The van der Waals surface area contributed by atoms with Crippen LogP contribution in [0.25, 0.3) is 0 Å². The molecule has 2 bridgehead atoms. The zero-order chi connectivity index (χ0) is 12.1. The summed E-state index contributed by atoms with van der Waals surface area (Å²) >= 11 is 0. The SMILES string of the molecule is C=CCCCCCN(C)C1CC2CCC(C1)N2. The second-order valence-corrected chi connectivity index (χ2v) is 5.88. The highest BCUT2D eigenvalue weighted by molar-refractivity contribution is 4.95. The van der Waals surface area contributed by atoms with Crippen molar-refractivity contribution in [3.8, 4) is 0 Å². The lowest BCUT2D eigenvalue weighted by Crippen LogP contribution is -2.47. The summed E-state index contributed by atoms with van der Waals surface area (Å²) in [5.74, 6) is 0. The predicted octanol–water partition coefficient (Wildman–Crippen LogP) is 2.95. The molecule has 2 unspecified atom stereocenters. The van der Waals surface area contributed by atoms with Gasteiger partial charge >= 0.3 is 0 Å². The van der Waals surface area contributed by atoms with Gasteiger partial charge in [-0.15, -0.1) is 6.58 Å². The average molecular weight is 236 g/mol. The molecule has 2 rings (SSSR count). The minimum atomic E-state index is 0.821. The number of allylic oxidation sites excluding steroid dienone is 1. The van der Waals surface area contributed by atoms with Crippen molar-refractivity contribution in [2.45, 2.75) is 69.5 Å². The van der Waals surface area contributed by atoms with Gasteiger partial charge in [0.2, 0.25) is 0 Å². The van der Waals surface area contributed by atoms with Gasteiger partial charge in [-0.2, -0.15) is 0 Å². The molecule has 0 amide bonds. The monoisotopic (exact) mass is 236 g/mol. The third-order valence-corrected chi connectivity index (χ3v) is 4.49. The maximum Gasteiger partial charge on any atom is 0.0122 e. The molecule has 2 fully saturated rings. The first-order chi connectivity index (χ1) is 8.29. The van der Waals surface area contributed by atoms with Crippen molar-refractivity contribution >= 4 is 0 Å². The van der Waals surface area contributed by atoms with E-state index in [9.17, 15) is 0 Å². The summed E-state index contributed by atoms with van der Waals surface area (Å²) in [5, 5.41) is 3.72. The van der Waals surface area contributed by atoms with Crippen LogP contribution in [0, 0.1) is 0 Å². The van der Waals surface area contributed by atoms with E-state index >= 15 is 0 Å². The highest BCUT2D eigenvalue weighted by atomic mass is 15.2. The molecule has 2 aliphatic rings. The molecule has 0 saturated carbocycles. The lowest BCUT2D eigenvalue weighted by Gasteiger charge is -2.35. The fourth-order valence-electron chi connectivity index (χ4n) is 3.40. The van der Waals surface area contributed by atoms with Crippen molar-refractivity contribution in [1.82, 2.24) is 10.2 Å². The van der Waals surface area contributed by atoms with E-state index < -0.39 is 0 Å². The highest BCUT2D eigenvalue weighted by Crippen LogP contribution is 2.29. The number of nitrogens with one attached hydrogen (secondary N) is 1. The number of fused-ring (bicyclic) bond motifs is 2. The Morgan fingerprint density at radius 3 is 2.53 bits per heavy atom. The minimum absolute atomic E-state index is 0.821. The van der Waals surface area contributed by atoms with Gasteiger partial charge in [0.25, 0.3) is 0 Å². The van der Waals surface area contributed by atoms with Crippen LogP contribution in [0.2, 0.25) is 0 Å². The van der Waals surface area contributed by atoms with E-state index in [0.29, 0.717) is 0 Å². The topological polar surface area (TPSA) is 15.3 Å². The average Bonchev–Trinajstić information content (AvgIpc) is 2.67. The number of piperidine rings is 1. The molecule has 0 radical (unpaired) electrons. The molecule has 98 valence electrons. The fourth-order valence-corrected chi connectivity index (χ4v) is 3.40. The van der Waals surface area contributed by atoms with Gasteiger partial charge in [-0.3, -0.25) is 0 Å². The van der Waals surface area contributed by atoms with E-state index in [1.54, 1.807) is 0 Å². The third kappa shape index (κ3) is 3.82. The van der Waals surface area contributed by atoms with Gasteiger partial charge < -0.3 is 10.2 Å². The second kappa shape index (κ2) is 6.55.